The van der Waals surface area contributed by atoms with E-state index in [0.29, 0.717) is 54.6 Å². The minimum atomic E-state index is -0.622. The molecule has 0 spiro atoms. The lowest BCUT2D eigenvalue weighted by molar-refractivity contribution is 0.0101. The van der Waals surface area contributed by atoms with Crippen molar-refractivity contribution in [2.75, 3.05) is 68.0 Å². The van der Waals surface area contributed by atoms with Gasteiger partial charge in [0.25, 0.3) is 5.91 Å². The number of fused-ring (bicyclic) bond motifs is 1. The van der Waals surface area contributed by atoms with E-state index in [9.17, 15) is 18.4 Å². The Morgan fingerprint density at radius 2 is 1.68 bits per heavy atom. The van der Waals surface area contributed by atoms with Crippen LogP contribution in [0.3, 0.4) is 0 Å². The second kappa shape index (κ2) is 15.7. The highest BCUT2D eigenvalue weighted by molar-refractivity contribution is 6.11. The number of hydrogen-bond donors (Lipinski definition) is 3. The quantitative estimate of drug-likeness (QED) is 0.182. The molecule has 4 heterocycles. The predicted molar refractivity (Wildman–Crippen MR) is 202 cm³/mol. The number of benzene rings is 3. The van der Waals surface area contributed by atoms with E-state index < -0.39 is 17.2 Å². The topological polar surface area (TPSA) is 115 Å². The molecular formula is C40H49F2N7O4. The highest BCUT2D eigenvalue weighted by Crippen LogP contribution is 2.30. The summed E-state index contributed by atoms with van der Waals surface area (Å²) >= 11 is 0. The molecule has 1 aromatic heterocycles. The van der Waals surface area contributed by atoms with Crippen LogP contribution in [0.15, 0.2) is 54.6 Å². The Balaban J connectivity index is 1.05. The number of likely N-dealkylation sites (tertiary alicyclic amines) is 1. The lowest BCUT2D eigenvalue weighted by Crippen LogP contribution is -2.56. The maximum atomic E-state index is 14.0. The van der Waals surface area contributed by atoms with E-state index in [2.05, 4.69) is 36.7 Å². The number of rotatable bonds is 8. The molecular weight excluding hydrogens is 680 g/mol. The van der Waals surface area contributed by atoms with Crippen molar-refractivity contribution in [3.63, 3.8) is 0 Å². The van der Waals surface area contributed by atoms with Crippen molar-refractivity contribution < 1.29 is 27.8 Å². The molecule has 53 heavy (non-hydrogen) atoms. The van der Waals surface area contributed by atoms with Crippen LogP contribution in [0.1, 0.15) is 67.9 Å². The average molecular weight is 730 g/mol. The van der Waals surface area contributed by atoms with Gasteiger partial charge in [-0.05, 0) is 106 Å². The van der Waals surface area contributed by atoms with Gasteiger partial charge in [-0.1, -0.05) is 6.07 Å². The zero-order valence-corrected chi connectivity index (χ0v) is 30.7. The summed E-state index contributed by atoms with van der Waals surface area (Å²) in [6.45, 7) is 11.8. The average Bonchev–Trinajstić information content (AvgIpc) is 3.52. The fourth-order valence-corrected chi connectivity index (χ4v) is 7.59. The molecule has 13 heteroatoms. The Bertz CT molecular complexity index is 1910. The van der Waals surface area contributed by atoms with Crippen LogP contribution >= 0.6 is 0 Å². The first-order valence-corrected chi connectivity index (χ1v) is 18.7. The lowest BCUT2D eigenvalue weighted by atomic mass is 10.0. The molecule has 3 aromatic carbocycles. The Hall–Kier alpha value is -4.75. The number of ether oxygens (including phenoxy) is 2. The van der Waals surface area contributed by atoms with Crippen molar-refractivity contribution >= 4 is 40.1 Å². The number of piperidine rings is 1. The summed E-state index contributed by atoms with van der Waals surface area (Å²) in [5, 5.41) is 14.7. The molecule has 0 aliphatic carbocycles. The molecule has 1 unspecified atom stereocenters. The molecule has 3 N–H and O–H groups in total. The Morgan fingerprint density at radius 1 is 0.925 bits per heavy atom. The predicted octanol–water partition coefficient (Wildman–Crippen LogP) is 6.80. The fraction of sp³-hybridized carbons (Fsp3) is 0.475. The summed E-state index contributed by atoms with van der Waals surface area (Å²) in [7, 11) is 0. The number of H-pyrrole nitrogens is 1. The zero-order chi connectivity index (χ0) is 37.1. The number of carbonyl (C=O) groups excluding carboxylic acids is 2. The molecule has 11 nitrogen and oxygen atoms in total. The van der Waals surface area contributed by atoms with Gasteiger partial charge in [0.2, 0.25) is 0 Å². The van der Waals surface area contributed by atoms with E-state index in [1.54, 1.807) is 0 Å². The smallest absolute Gasteiger partial charge is 0.410 e. The van der Waals surface area contributed by atoms with Gasteiger partial charge in [-0.15, -0.1) is 0 Å². The van der Waals surface area contributed by atoms with Crippen molar-refractivity contribution in [3.8, 4) is 0 Å². The van der Waals surface area contributed by atoms with E-state index in [1.807, 2.05) is 56.0 Å². The molecule has 2 amide bonds. The van der Waals surface area contributed by atoms with Gasteiger partial charge >= 0.3 is 6.09 Å². The van der Waals surface area contributed by atoms with Crippen LogP contribution in [-0.4, -0.2) is 102 Å². The summed E-state index contributed by atoms with van der Waals surface area (Å²) < 4.78 is 38.9. The van der Waals surface area contributed by atoms with Gasteiger partial charge in [-0.3, -0.25) is 14.8 Å². The molecule has 282 valence electrons. The van der Waals surface area contributed by atoms with E-state index in [0.717, 1.165) is 86.9 Å². The molecule has 0 saturated carbocycles. The third-order valence-electron chi connectivity index (χ3n) is 10.3. The lowest BCUT2D eigenvalue weighted by Gasteiger charge is -2.44. The number of hydrogen-bond acceptors (Lipinski definition) is 8. The highest BCUT2D eigenvalue weighted by atomic mass is 19.1. The summed E-state index contributed by atoms with van der Waals surface area (Å²) in [4.78, 5) is 33.4. The first kappa shape index (κ1) is 36.6. The summed E-state index contributed by atoms with van der Waals surface area (Å²) in [6, 6.07) is 15.5. The second-order valence-electron chi connectivity index (χ2n) is 15.4. The molecule has 3 fully saturated rings. The third kappa shape index (κ3) is 9.08. The molecule has 3 aliphatic rings. The molecule has 0 radical (unpaired) electrons. The largest absolute Gasteiger partial charge is 0.444 e. The normalized spacial score (nSPS) is 19.0. The van der Waals surface area contributed by atoms with E-state index >= 15 is 0 Å². The van der Waals surface area contributed by atoms with E-state index in [1.165, 1.54) is 12.1 Å². The van der Waals surface area contributed by atoms with Gasteiger partial charge in [0.15, 0.2) is 5.82 Å². The summed E-state index contributed by atoms with van der Waals surface area (Å²) in [5.74, 6) is -1.16. The zero-order valence-electron chi connectivity index (χ0n) is 30.7. The standard InChI is InChI=1S/C40H49F2N7O4/c1-40(2,3)53-39(51)49-12-4-5-32(25-49)48-15-13-47(14-16-48)31-7-8-33(36(24-31)43-30-10-17-52-18-11-30)38(50)44-37-34-22-26(6-9-35(34)45-46-37)19-27-20-28(41)23-29(42)21-27/h6-9,20-24,30,32,43H,4-5,10-19,25H2,1-3H3,(H2,44,45,46,50). The summed E-state index contributed by atoms with van der Waals surface area (Å²) in [6.07, 6.45) is 3.78. The number of piperazine rings is 1. The Kier molecular flexibility index (Phi) is 10.8. The maximum absolute atomic E-state index is 14.0. The van der Waals surface area contributed by atoms with Gasteiger partial charge in [-0.2, -0.15) is 5.10 Å². The van der Waals surface area contributed by atoms with Gasteiger partial charge < -0.3 is 29.9 Å². The van der Waals surface area contributed by atoms with Crippen LogP contribution in [0.25, 0.3) is 10.9 Å². The number of nitrogens with zero attached hydrogens (tertiary/aromatic N) is 4. The van der Waals surface area contributed by atoms with Gasteiger partial charge in [0.05, 0.1) is 11.1 Å². The molecule has 1 atom stereocenters. The molecule has 4 aromatic rings. The molecule has 7 rings (SSSR count). The SMILES string of the molecule is CC(C)(C)OC(=O)N1CCCC(N2CCN(c3ccc(C(=O)Nc4n[nH]c5ccc(Cc6cc(F)cc(F)c6)cc45)c(NC4CCOCC4)c3)CC2)C1. The minimum absolute atomic E-state index is 0.169. The van der Waals surface area contributed by atoms with Crippen LogP contribution in [0.5, 0.6) is 0 Å². The fourth-order valence-electron chi connectivity index (χ4n) is 7.59. The number of anilines is 3. The third-order valence-corrected chi connectivity index (χ3v) is 10.3. The first-order chi connectivity index (χ1) is 25.5. The number of nitrogens with one attached hydrogen (secondary N) is 3. The molecule has 0 bridgehead atoms. The van der Waals surface area contributed by atoms with Crippen molar-refractivity contribution in [2.24, 2.45) is 0 Å². The van der Waals surface area contributed by atoms with Crippen molar-refractivity contribution in [3.05, 3.63) is 82.9 Å². The van der Waals surface area contributed by atoms with Crippen molar-refractivity contribution in [2.45, 2.75) is 70.6 Å². The van der Waals surface area contributed by atoms with Gasteiger partial charge in [0, 0.05) is 87.4 Å². The van der Waals surface area contributed by atoms with E-state index in [4.69, 9.17) is 9.47 Å². The van der Waals surface area contributed by atoms with Crippen molar-refractivity contribution in [1.29, 1.82) is 0 Å². The maximum Gasteiger partial charge on any atom is 0.410 e. The van der Waals surface area contributed by atoms with Crippen LogP contribution in [-0.2, 0) is 15.9 Å². The monoisotopic (exact) mass is 729 g/mol. The highest BCUT2D eigenvalue weighted by Gasteiger charge is 2.32. The number of carbonyl (C=O) groups is 2. The number of aromatic nitrogens is 2. The summed E-state index contributed by atoms with van der Waals surface area (Å²) in [5.41, 5.74) is 3.86. The van der Waals surface area contributed by atoms with Crippen LogP contribution < -0.4 is 15.5 Å². The van der Waals surface area contributed by atoms with Crippen LogP contribution in [0.2, 0.25) is 0 Å². The first-order valence-electron chi connectivity index (χ1n) is 18.7. The van der Waals surface area contributed by atoms with Gasteiger partial charge in [0.1, 0.15) is 17.2 Å². The Morgan fingerprint density at radius 3 is 2.42 bits per heavy atom. The second-order valence-corrected chi connectivity index (χ2v) is 15.4. The Labute approximate surface area is 309 Å². The van der Waals surface area contributed by atoms with Crippen LogP contribution in [0, 0.1) is 11.6 Å². The number of aromatic amines is 1. The van der Waals surface area contributed by atoms with E-state index in [-0.39, 0.29) is 18.0 Å². The number of amides is 2. The molecule has 3 aliphatic heterocycles. The van der Waals surface area contributed by atoms with Crippen LogP contribution in [0.4, 0.5) is 30.8 Å². The van der Waals surface area contributed by atoms with Crippen molar-refractivity contribution in [1.82, 2.24) is 20.0 Å². The minimum Gasteiger partial charge on any atom is -0.444 e. The van der Waals surface area contributed by atoms with Gasteiger partial charge in [-0.25, -0.2) is 13.6 Å². The number of halogens is 2. The molecule has 3 saturated heterocycles.